The quantitative estimate of drug-likeness (QED) is 0.657. The first-order chi connectivity index (χ1) is 6.68. The largest absolute Gasteiger partial charge is 0.507 e. The third kappa shape index (κ3) is 1.23. The summed E-state index contributed by atoms with van der Waals surface area (Å²) in [6, 6.07) is 3.02. The summed E-state index contributed by atoms with van der Waals surface area (Å²) in [5, 5.41) is 9.45. The Balaban J connectivity index is 2.67. The molecule has 14 heavy (non-hydrogen) atoms. The first kappa shape index (κ1) is 8.39. The molecule has 0 radical (unpaired) electrons. The number of fused-ring (bicyclic) bond motifs is 1. The normalized spacial score (nSPS) is 11.4. The van der Waals surface area contributed by atoms with Gasteiger partial charge in [0.25, 0.3) is 5.91 Å². The molecule has 1 aliphatic carbocycles. The standard InChI is InChI=1S/C11H7NO2/c12-11(14)9-5-7-3-1-2-4-8(7)6-10(9)13/h3-6,13H,(H2,12,14). The first-order valence-corrected chi connectivity index (χ1v) is 4.03. The summed E-state index contributed by atoms with van der Waals surface area (Å²) in [7, 11) is 0. The molecule has 0 aromatic heterocycles. The van der Waals surface area contributed by atoms with Crippen LogP contribution in [0.5, 0.6) is 5.75 Å². The molecule has 0 atom stereocenters. The van der Waals surface area contributed by atoms with E-state index < -0.39 is 5.91 Å². The second-order valence-corrected chi connectivity index (χ2v) is 2.94. The van der Waals surface area contributed by atoms with E-state index in [4.69, 9.17) is 5.73 Å². The molecule has 0 aliphatic heterocycles. The predicted molar refractivity (Wildman–Crippen MR) is 52.6 cm³/mol. The molecule has 1 amide bonds. The average Bonchev–Trinajstić information content (AvgIpc) is 2.16. The van der Waals surface area contributed by atoms with Crippen molar-refractivity contribution in [2.45, 2.75) is 0 Å². The molecule has 0 heterocycles. The van der Waals surface area contributed by atoms with Crippen LogP contribution in [-0.2, 0) is 0 Å². The molecule has 3 N–H and O–H groups in total. The third-order valence-electron chi connectivity index (χ3n) is 2.01. The monoisotopic (exact) mass is 185 g/mol. The Bertz CT molecular complexity index is 516. The molecule has 3 nitrogen and oxygen atoms in total. The van der Waals surface area contributed by atoms with Crippen LogP contribution in [0, 0.1) is 0 Å². The number of hydrogen-bond donors (Lipinski definition) is 2. The van der Waals surface area contributed by atoms with Crippen molar-refractivity contribution in [3.05, 3.63) is 40.3 Å². The minimum Gasteiger partial charge on any atom is -0.507 e. The third-order valence-corrected chi connectivity index (χ3v) is 2.01. The van der Waals surface area contributed by atoms with Crippen LogP contribution in [0.3, 0.4) is 0 Å². The molecule has 2 rings (SSSR count). The Hall–Kier alpha value is -2.21. The number of hydrogen-bond acceptors (Lipinski definition) is 2. The van der Waals surface area contributed by atoms with Crippen LogP contribution in [0.1, 0.15) is 21.5 Å². The highest BCUT2D eigenvalue weighted by molar-refractivity contribution is 5.97. The Kier molecular flexibility index (Phi) is 1.76. The Morgan fingerprint density at radius 2 is 1.79 bits per heavy atom. The topological polar surface area (TPSA) is 63.3 Å². The van der Waals surface area contributed by atoms with Crippen molar-refractivity contribution >= 4 is 18.1 Å². The van der Waals surface area contributed by atoms with Gasteiger partial charge in [-0.05, 0) is 35.4 Å². The van der Waals surface area contributed by atoms with E-state index >= 15 is 0 Å². The van der Waals surface area contributed by atoms with E-state index in [0.29, 0.717) is 0 Å². The number of rotatable bonds is 1. The summed E-state index contributed by atoms with van der Waals surface area (Å²) in [6.07, 6.45) is 3.36. The van der Waals surface area contributed by atoms with Crippen molar-refractivity contribution in [1.29, 1.82) is 0 Å². The van der Waals surface area contributed by atoms with E-state index in [0.717, 1.165) is 11.1 Å². The smallest absolute Gasteiger partial charge is 0.252 e. The molecule has 0 unspecified atom stereocenters. The summed E-state index contributed by atoms with van der Waals surface area (Å²) in [4.78, 5) is 10.9. The van der Waals surface area contributed by atoms with Gasteiger partial charge in [-0.3, -0.25) is 4.79 Å². The molecule has 0 saturated carbocycles. The number of nitrogens with two attached hydrogens (primary N) is 1. The van der Waals surface area contributed by atoms with E-state index in [-0.39, 0.29) is 11.3 Å². The number of phenols is 1. The molecule has 0 fully saturated rings. The zero-order valence-electron chi connectivity index (χ0n) is 7.24. The summed E-state index contributed by atoms with van der Waals surface area (Å²) in [6.45, 7) is 0. The van der Waals surface area contributed by atoms with Gasteiger partial charge < -0.3 is 10.8 Å². The minimum absolute atomic E-state index is 0.107. The molecular weight excluding hydrogens is 178 g/mol. The van der Waals surface area contributed by atoms with Gasteiger partial charge in [-0.1, -0.05) is 11.5 Å². The lowest BCUT2D eigenvalue weighted by molar-refractivity contribution is 0.0998. The van der Waals surface area contributed by atoms with Crippen molar-refractivity contribution in [3.63, 3.8) is 0 Å². The van der Waals surface area contributed by atoms with Gasteiger partial charge in [0.1, 0.15) is 5.75 Å². The maximum Gasteiger partial charge on any atom is 0.252 e. The molecule has 1 aromatic carbocycles. The SMILES string of the molecule is NC(=O)c1cc2c(cc1O)C=C=C=C2. The van der Waals surface area contributed by atoms with Gasteiger partial charge in [0.05, 0.1) is 5.56 Å². The van der Waals surface area contributed by atoms with Gasteiger partial charge in [-0.2, -0.15) is 0 Å². The van der Waals surface area contributed by atoms with Crippen molar-refractivity contribution < 1.29 is 9.90 Å². The van der Waals surface area contributed by atoms with E-state index in [9.17, 15) is 9.90 Å². The highest BCUT2D eigenvalue weighted by Gasteiger charge is 2.11. The van der Waals surface area contributed by atoms with Gasteiger partial charge in [-0.15, -0.1) is 0 Å². The van der Waals surface area contributed by atoms with Crippen molar-refractivity contribution in [2.75, 3.05) is 0 Å². The molecule has 1 aliphatic rings. The second-order valence-electron chi connectivity index (χ2n) is 2.94. The Labute approximate surface area is 80.5 Å². The highest BCUT2D eigenvalue weighted by atomic mass is 16.3. The van der Waals surface area contributed by atoms with Crippen LogP contribution in [0.2, 0.25) is 0 Å². The van der Waals surface area contributed by atoms with Crippen LogP contribution in [0.4, 0.5) is 0 Å². The summed E-state index contributed by atoms with van der Waals surface area (Å²) < 4.78 is 0. The van der Waals surface area contributed by atoms with E-state index in [2.05, 4.69) is 11.5 Å². The van der Waals surface area contributed by atoms with Crippen LogP contribution < -0.4 is 5.73 Å². The Morgan fingerprint density at radius 1 is 1.21 bits per heavy atom. The van der Waals surface area contributed by atoms with Gasteiger partial charge in [0, 0.05) is 0 Å². The second kappa shape index (κ2) is 2.93. The fraction of sp³-hybridized carbons (Fsp3) is 0. The molecule has 1 aromatic rings. The first-order valence-electron chi connectivity index (χ1n) is 4.03. The average molecular weight is 185 g/mol. The maximum absolute atomic E-state index is 10.9. The molecule has 0 saturated heterocycles. The maximum atomic E-state index is 10.9. The fourth-order valence-electron chi connectivity index (χ4n) is 1.31. The van der Waals surface area contributed by atoms with Crippen LogP contribution >= 0.6 is 0 Å². The lowest BCUT2D eigenvalue weighted by atomic mass is 10.0. The van der Waals surface area contributed by atoms with Gasteiger partial charge in [0.15, 0.2) is 0 Å². The van der Waals surface area contributed by atoms with Gasteiger partial charge in [-0.25, -0.2) is 0 Å². The number of amides is 1. The zero-order valence-corrected chi connectivity index (χ0v) is 7.24. The molecule has 68 valence electrons. The Morgan fingerprint density at radius 3 is 2.36 bits per heavy atom. The van der Waals surface area contributed by atoms with E-state index in [1.54, 1.807) is 12.2 Å². The number of primary amides is 1. The van der Waals surface area contributed by atoms with Crippen molar-refractivity contribution in [1.82, 2.24) is 0 Å². The van der Waals surface area contributed by atoms with Crippen molar-refractivity contribution in [2.24, 2.45) is 5.73 Å². The lowest BCUT2D eigenvalue weighted by Crippen LogP contribution is -2.11. The van der Waals surface area contributed by atoms with E-state index in [1.807, 2.05) is 0 Å². The zero-order chi connectivity index (χ0) is 10.1. The number of carbonyl (C=O) groups is 1. The summed E-state index contributed by atoms with van der Waals surface area (Å²) in [5.74, 6) is -0.748. The predicted octanol–water partition coefficient (Wildman–Crippen LogP) is 1.29. The molecule has 0 spiro atoms. The lowest BCUT2D eigenvalue weighted by Gasteiger charge is -2.06. The summed E-state index contributed by atoms with van der Waals surface area (Å²) >= 11 is 0. The van der Waals surface area contributed by atoms with Crippen LogP contribution in [0.25, 0.3) is 12.2 Å². The number of carbonyl (C=O) groups excluding carboxylic acids is 1. The van der Waals surface area contributed by atoms with Crippen molar-refractivity contribution in [3.8, 4) is 5.75 Å². The number of benzene rings is 1. The molecule has 3 heteroatoms. The number of aromatic hydroxyl groups is 1. The van der Waals surface area contributed by atoms with E-state index in [1.165, 1.54) is 12.1 Å². The molecule has 0 bridgehead atoms. The minimum atomic E-state index is -0.641. The van der Waals surface area contributed by atoms with Crippen LogP contribution in [0.15, 0.2) is 23.6 Å². The van der Waals surface area contributed by atoms with Gasteiger partial charge in [0.2, 0.25) is 0 Å². The highest BCUT2D eigenvalue weighted by Crippen LogP contribution is 2.25. The summed E-state index contributed by atoms with van der Waals surface area (Å²) in [5.41, 5.74) is 12.3. The molecular formula is C11H7NO2. The van der Waals surface area contributed by atoms with Gasteiger partial charge >= 0.3 is 0 Å². The van der Waals surface area contributed by atoms with Crippen LogP contribution in [-0.4, -0.2) is 11.0 Å². The fourth-order valence-corrected chi connectivity index (χ4v) is 1.31.